The van der Waals surface area contributed by atoms with E-state index in [1.807, 2.05) is 0 Å². The minimum Gasteiger partial charge on any atom is -0.462 e. The molecule has 0 aromatic heterocycles. The molecular formula is C50H95O18P. The fourth-order valence-corrected chi connectivity index (χ4v) is 9.85. The molecule has 1 saturated carbocycles. The Morgan fingerprint density at radius 1 is 0.493 bits per heavy atom. The molecule has 1 aliphatic carbocycles. The minimum atomic E-state index is -5.37. The number of hydrogen-bond donors (Lipinski definition) is 9. The summed E-state index contributed by atoms with van der Waals surface area (Å²) in [5.41, 5.74) is 0. The van der Waals surface area contributed by atoms with Crippen LogP contribution in [0.1, 0.15) is 213 Å². The Bertz CT molecular complexity index is 1340. The van der Waals surface area contributed by atoms with Gasteiger partial charge in [-0.25, -0.2) is 4.57 Å². The van der Waals surface area contributed by atoms with Crippen LogP contribution in [0, 0.1) is 0 Å². The first kappa shape index (κ1) is 63.8. The van der Waals surface area contributed by atoms with Gasteiger partial charge < -0.3 is 64.7 Å². The summed E-state index contributed by atoms with van der Waals surface area (Å²) in [6.07, 6.45) is 10.3. The summed E-state index contributed by atoms with van der Waals surface area (Å²) in [5, 5.41) is 83.0. The molecule has 1 aliphatic heterocycles. The predicted molar refractivity (Wildman–Crippen MR) is 259 cm³/mol. The Balaban J connectivity index is 1.91. The van der Waals surface area contributed by atoms with Gasteiger partial charge in [-0.3, -0.25) is 18.6 Å². The zero-order valence-corrected chi connectivity index (χ0v) is 43.0. The molecule has 19 heteroatoms. The van der Waals surface area contributed by atoms with Crippen molar-refractivity contribution in [2.45, 2.75) is 286 Å². The maximum Gasteiger partial charge on any atom is 0.472 e. The van der Waals surface area contributed by atoms with E-state index in [9.17, 15) is 59.9 Å². The summed E-state index contributed by atoms with van der Waals surface area (Å²) in [6, 6.07) is 0. The standard InChI is InChI=1S/C50H95O18P/c1-3-5-7-9-11-13-15-17-18-19-21-22-24-26-28-30-32-39(52)63-35-37(65-40(53)33-31-29-27-25-23-20-16-14-12-10-8-6-4-2)36-64-69(61,62)68-49-46(59)44(57)43(56)45(58)48(49)67-50-47(60)42(55)41(54)38(34-51)66-50/h37-38,41-51,54-60H,3-36H2,1-2H3,(H,61,62)/t37-,38-,41-,42+,43+,44+,45-,46-,47+,48-,49+,50-/m1/s1. The number of aliphatic hydroxyl groups is 8. The lowest BCUT2D eigenvalue weighted by Gasteiger charge is -2.47. The highest BCUT2D eigenvalue weighted by Gasteiger charge is 2.55. The first-order chi connectivity index (χ1) is 33.2. The Morgan fingerprint density at radius 2 is 0.870 bits per heavy atom. The summed E-state index contributed by atoms with van der Waals surface area (Å²) in [6.45, 7) is 2.26. The third kappa shape index (κ3) is 27.0. The molecule has 0 aromatic carbocycles. The first-order valence-corrected chi connectivity index (χ1v) is 28.4. The van der Waals surface area contributed by atoms with E-state index in [4.69, 9.17) is 28.0 Å². The van der Waals surface area contributed by atoms with Crippen LogP contribution in [-0.2, 0) is 42.1 Å². The number of carbonyl (C=O) groups excluding carboxylic acids is 2. The first-order valence-electron chi connectivity index (χ1n) is 26.9. The molecule has 0 bridgehead atoms. The van der Waals surface area contributed by atoms with Crippen LogP contribution >= 0.6 is 7.82 Å². The number of ether oxygens (including phenoxy) is 4. The molecule has 9 N–H and O–H groups in total. The average molecular weight is 1020 g/mol. The number of hydrogen-bond acceptors (Lipinski definition) is 17. The summed E-state index contributed by atoms with van der Waals surface area (Å²) in [7, 11) is -5.37. The second-order valence-corrected chi connectivity index (χ2v) is 20.8. The summed E-state index contributed by atoms with van der Waals surface area (Å²) in [4.78, 5) is 36.6. The lowest BCUT2D eigenvalue weighted by Crippen LogP contribution is -2.67. The van der Waals surface area contributed by atoms with E-state index in [2.05, 4.69) is 13.8 Å². The number of phosphoric acid groups is 1. The Morgan fingerprint density at radius 3 is 1.29 bits per heavy atom. The van der Waals surface area contributed by atoms with Crippen molar-refractivity contribution >= 4 is 19.8 Å². The number of aliphatic hydroxyl groups excluding tert-OH is 8. The smallest absolute Gasteiger partial charge is 0.462 e. The highest BCUT2D eigenvalue weighted by atomic mass is 31.2. The van der Waals surface area contributed by atoms with Crippen molar-refractivity contribution in [3.05, 3.63) is 0 Å². The largest absolute Gasteiger partial charge is 0.472 e. The van der Waals surface area contributed by atoms with Crippen LogP contribution in [0.4, 0.5) is 0 Å². The van der Waals surface area contributed by atoms with Crippen molar-refractivity contribution in [2.75, 3.05) is 19.8 Å². The minimum absolute atomic E-state index is 0.0397. The van der Waals surface area contributed by atoms with Crippen molar-refractivity contribution in [1.29, 1.82) is 0 Å². The SMILES string of the molecule is CCCCCCCCCCCCCCCCCCC(=O)OC[C@H](COP(=O)(O)O[C@H]1[C@H](O)[C@@H](O)[C@H](O)[C@@H](O)[C@H]1O[C@H]1O[C@H](CO)[C@@H](O)[C@H](O)[C@@H]1O)OC(=O)CCCCCCCCCCCCCCC. The van der Waals surface area contributed by atoms with Crippen LogP contribution in [0.25, 0.3) is 0 Å². The number of unbranched alkanes of at least 4 members (excludes halogenated alkanes) is 27. The van der Waals surface area contributed by atoms with E-state index >= 15 is 0 Å². The van der Waals surface area contributed by atoms with Gasteiger partial charge in [0.2, 0.25) is 0 Å². The summed E-state index contributed by atoms with van der Waals surface area (Å²) in [5.74, 6) is -1.20. The molecule has 0 radical (unpaired) electrons. The number of carbonyl (C=O) groups is 2. The maximum absolute atomic E-state index is 13.4. The van der Waals surface area contributed by atoms with Crippen molar-refractivity contribution in [3.63, 3.8) is 0 Å². The Labute approximate surface area is 412 Å². The molecule has 0 aromatic rings. The van der Waals surface area contributed by atoms with Crippen molar-refractivity contribution in [2.24, 2.45) is 0 Å². The van der Waals surface area contributed by atoms with E-state index in [1.54, 1.807) is 0 Å². The molecule has 18 nitrogen and oxygen atoms in total. The maximum atomic E-state index is 13.4. The van der Waals surface area contributed by atoms with Gasteiger partial charge in [0.25, 0.3) is 0 Å². The molecule has 2 aliphatic rings. The zero-order valence-electron chi connectivity index (χ0n) is 42.1. The normalized spacial score (nSPS) is 27.5. The van der Waals surface area contributed by atoms with Gasteiger partial charge in [-0.2, -0.15) is 0 Å². The predicted octanol–water partition coefficient (Wildman–Crippen LogP) is 6.72. The Kier molecular flexibility index (Phi) is 35.4. The van der Waals surface area contributed by atoms with E-state index < -0.39 is 113 Å². The van der Waals surface area contributed by atoms with Gasteiger partial charge >= 0.3 is 19.8 Å². The lowest BCUT2D eigenvalue weighted by molar-refractivity contribution is -0.338. The van der Waals surface area contributed by atoms with Gasteiger partial charge in [-0.1, -0.05) is 187 Å². The number of rotatable bonds is 42. The van der Waals surface area contributed by atoms with Crippen LogP contribution in [-0.4, -0.2) is 151 Å². The molecule has 1 heterocycles. The third-order valence-electron chi connectivity index (χ3n) is 13.3. The van der Waals surface area contributed by atoms with Gasteiger partial charge in [0.05, 0.1) is 13.2 Å². The monoisotopic (exact) mass is 1010 g/mol. The molecule has 2 rings (SSSR count). The quantitative estimate of drug-likeness (QED) is 0.0174. The highest BCUT2D eigenvalue weighted by molar-refractivity contribution is 7.47. The van der Waals surface area contributed by atoms with E-state index in [0.29, 0.717) is 12.8 Å². The summed E-state index contributed by atoms with van der Waals surface area (Å²) >= 11 is 0. The van der Waals surface area contributed by atoms with Crippen LogP contribution in [0.15, 0.2) is 0 Å². The Hall–Kier alpha value is -1.35. The fourth-order valence-electron chi connectivity index (χ4n) is 8.88. The van der Waals surface area contributed by atoms with Crippen LogP contribution in [0.5, 0.6) is 0 Å². The van der Waals surface area contributed by atoms with Crippen LogP contribution < -0.4 is 0 Å². The van der Waals surface area contributed by atoms with Gasteiger partial charge in [0.1, 0.15) is 67.6 Å². The van der Waals surface area contributed by atoms with Crippen molar-refractivity contribution in [3.8, 4) is 0 Å². The van der Waals surface area contributed by atoms with Gasteiger partial charge in [-0.15, -0.1) is 0 Å². The van der Waals surface area contributed by atoms with Crippen LogP contribution in [0.2, 0.25) is 0 Å². The number of phosphoric ester groups is 1. The molecule has 408 valence electrons. The van der Waals surface area contributed by atoms with Crippen LogP contribution in [0.3, 0.4) is 0 Å². The van der Waals surface area contributed by atoms with Gasteiger partial charge in [0.15, 0.2) is 12.4 Å². The van der Waals surface area contributed by atoms with Crippen molar-refractivity contribution < 1.29 is 87.9 Å². The van der Waals surface area contributed by atoms with E-state index in [-0.39, 0.29) is 12.8 Å². The average Bonchev–Trinajstić information content (AvgIpc) is 3.33. The van der Waals surface area contributed by atoms with Gasteiger partial charge in [0, 0.05) is 12.8 Å². The highest BCUT2D eigenvalue weighted by Crippen LogP contribution is 2.48. The molecule has 0 spiro atoms. The molecule has 1 unspecified atom stereocenters. The third-order valence-corrected chi connectivity index (χ3v) is 14.3. The number of esters is 2. The van der Waals surface area contributed by atoms with Crippen molar-refractivity contribution in [1.82, 2.24) is 0 Å². The van der Waals surface area contributed by atoms with Gasteiger partial charge in [-0.05, 0) is 12.8 Å². The second kappa shape index (κ2) is 38.3. The zero-order chi connectivity index (χ0) is 50.9. The molecule has 13 atom stereocenters. The van der Waals surface area contributed by atoms with E-state index in [0.717, 1.165) is 51.4 Å². The topological polar surface area (TPSA) is 289 Å². The molecule has 69 heavy (non-hydrogen) atoms. The fraction of sp³-hybridized carbons (Fsp3) is 0.960. The second-order valence-electron chi connectivity index (χ2n) is 19.4. The molecule has 2 fully saturated rings. The molecule has 0 amide bonds. The van der Waals surface area contributed by atoms with E-state index in [1.165, 1.54) is 122 Å². The summed E-state index contributed by atoms with van der Waals surface area (Å²) < 4.78 is 45.5. The molecule has 1 saturated heterocycles. The molecular weight excluding hydrogens is 920 g/mol. The lowest BCUT2D eigenvalue weighted by atomic mass is 9.84.